The summed E-state index contributed by atoms with van der Waals surface area (Å²) in [5.41, 5.74) is 0. The zero-order valence-corrected chi connectivity index (χ0v) is 9.16. The van der Waals surface area contributed by atoms with Gasteiger partial charge in [0.2, 0.25) is 0 Å². The maximum atomic E-state index is 2.45. The molecule has 0 amide bonds. The molecule has 0 aromatic carbocycles. The molecule has 1 heterocycles. The first-order valence-electron chi connectivity index (χ1n) is 5.45. The highest BCUT2D eigenvalue weighted by atomic mass is 15.4. The van der Waals surface area contributed by atoms with Gasteiger partial charge in [-0.05, 0) is 12.8 Å². The van der Waals surface area contributed by atoms with Gasteiger partial charge < -0.3 is 9.80 Å². The highest BCUT2D eigenvalue weighted by Crippen LogP contribution is 2.17. The van der Waals surface area contributed by atoms with Gasteiger partial charge in [0.1, 0.15) is 6.17 Å². The van der Waals surface area contributed by atoms with Gasteiger partial charge >= 0.3 is 0 Å². The van der Waals surface area contributed by atoms with Crippen molar-refractivity contribution in [2.75, 3.05) is 13.6 Å². The van der Waals surface area contributed by atoms with Crippen molar-refractivity contribution in [2.45, 2.75) is 45.7 Å². The van der Waals surface area contributed by atoms with Crippen LogP contribution in [0.3, 0.4) is 0 Å². The summed E-state index contributed by atoms with van der Waals surface area (Å²) in [7, 11) is 2.16. The van der Waals surface area contributed by atoms with Crippen molar-refractivity contribution in [1.29, 1.82) is 0 Å². The average Bonchev–Trinajstić information content (AvgIpc) is 2.47. The Labute approximate surface area is 82.2 Å². The maximum absolute atomic E-state index is 2.45. The molecule has 0 bridgehead atoms. The normalized spacial score (nSPS) is 21.6. The Balaban J connectivity index is 2.29. The first-order chi connectivity index (χ1) is 6.29. The van der Waals surface area contributed by atoms with Crippen LogP contribution in [0.15, 0.2) is 12.4 Å². The van der Waals surface area contributed by atoms with Crippen LogP contribution in [0.1, 0.15) is 39.5 Å². The molecule has 76 valence electrons. The minimum Gasteiger partial charge on any atom is -0.359 e. The third kappa shape index (κ3) is 2.64. The lowest BCUT2D eigenvalue weighted by molar-refractivity contribution is 0.169. The predicted molar refractivity (Wildman–Crippen MR) is 57.2 cm³/mol. The number of unbranched alkanes of at least 4 members (excludes halogenated alkanes) is 2. The molecule has 2 nitrogen and oxygen atoms in total. The van der Waals surface area contributed by atoms with Gasteiger partial charge in [-0.2, -0.15) is 0 Å². The third-order valence-electron chi connectivity index (χ3n) is 2.73. The molecule has 0 radical (unpaired) electrons. The summed E-state index contributed by atoms with van der Waals surface area (Å²) in [5, 5.41) is 0. The zero-order chi connectivity index (χ0) is 9.68. The maximum Gasteiger partial charge on any atom is 0.100 e. The van der Waals surface area contributed by atoms with E-state index in [1.807, 2.05) is 0 Å². The van der Waals surface area contributed by atoms with Crippen molar-refractivity contribution in [1.82, 2.24) is 9.80 Å². The van der Waals surface area contributed by atoms with Crippen molar-refractivity contribution < 1.29 is 0 Å². The molecular weight excluding hydrogens is 160 g/mol. The van der Waals surface area contributed by atoms with E-state index in [2.05, 4.69) is 43.1 Å². The van der Waals surface area contributed by atoms with Gasteiger partial charge in [-0.1, -0.05) is 26.7 Å². The quantitative estimate of drug-likeness (QED) is 0.603. The van der Waals surface area contributed by atoms with Crippen LogP contribution in [0.5, 0.6) is 0 Å². The summed E-state index contributed by atoms with van der Waals surface area (Å²) in [5.74, 6) is 0. The van der Waals surface area contributed by atoms with E-state index in [1.54, 1.807) is 0 Å². The molecule has 0 aliphatic carbocycles. The Morgan fingerprint density at radius 2 is 1.92 bits per heavy atom. The Hall–Kier alpha value is -0.660. The van der Waals surface area contributed by atoms with E-state index >= 15 is 0 Å². The van der Waals surface area contributed by atoms with Crippen LogP contribution < -0.4 is 0 Å². The average molecular weight is 182 g/mol. The van der Waals surface area contributed by atoms with Crippen molar-refractivity contribution in [3.8, 4) is 0 Å². The van der Waals surface area contributed by atoms with E-state index in [-0.39, 0.29) is 0 Å². The van der Waals surface area contributed by atoms with E-state index in [9.17, 15) is 0 Å². The topological polar surface area (TPSA) is 6.48 Å². The molecule has 0 saturated carbocycles. The van der Waals surface area contributed by atoms with Gasteiger partial charge in [-0.15, -0.1) is 0 Å². The first kappa shape index (κ1) is 10.4. The Morgan fingerprint density at radius 3 is 2.54 bits per heavy atom. The molecule has 1 atom stereocenters. The Morgan fingerprint density at radius 1 is 1.15 bits per heavy atom. The van der Waals surface area contributed by atoms with Crippen molar-refractivity contribution in [3.05, 3.63) is 12.4 Å². The summed E-state index contributed by atoms with van der Waals surface area (Å²) < 4.78 is 0. The van der Waals surface area contributed by atoms with Crippen LogP contribution in [-0.4, -0.2) is 29.6 Å². The van der Waals surface area contributed by atoms with Crippen molar-refractivity contribution in [2.24, 2.45) is 0 Å². The van der Waals surface area contributed by atoms with Crippen LogP contribution in [-0.2, 0) is 0 Å². The number of hydrogen-bond donors (Lipinski definition) is 0. The fraction of sp³-hybridized carbons (Fsp3) is 0.818. The number of hydrogen-bond acceptors (Lipinski definition) is 2. The molecule has 0 aromatic heterocycles. The van der Waals surface area contributed by atoms with E-state index in [0.29, 0.717) is 6.17 Å². The summed E-state index contributed by atoms with van der Waals surface area (Å²) in [4.78, 5) is 4.75. The van der Waals surface area contributed by atoms with Crippen LogP contribution in [0, 0.1) is 0 Å². The molecule has 1 unspecified atom stereocenters. The minimum atomic E-state index is 0.608. The van der Waals surface area contributed by atoms with E-state index in [1.165, 1.54) is 32.2 Å². The highest BCUT2D eigenvalue weighted by Gasteiger charge is 2.20. The standard InChI is InChI=1S/C11H22N2/c1-4-6-7-8-13-10-9-12(3)11(13)5-2/h9-11H,4-8H2,1-3H3. The van der Waals surface area contributed by atoms with Gasteiger partial charge in [0.05, 0.1) is 0 Å². The number of nitrogens with zero attached hydrogens (tertiary/aromatic N) is 2. The molecule has 2 heteroatoms. The lowest BCUT2D eigenvalue weighted by Gasteiger charge is -2.29. The first-order valence-corrected chi connectivity index (χ1v) is 5.45. The number of rotatable bonds is 5. The lowest BCUT2D eigenvalue weighted by Crippen LogP contribution is -2.36. The molecule has 0 spiro atoms. The lowest BCUT2D eigenvalue weighted by atomic mass is 10.2. The largest absolute Gasteiger partial charge is 0.359 e. The molecule has 1 aliphatic rings. The molecule has 1 aliphatic heterocycles. The smallest absolute Gasteiger partial charge is 0.100 e. The monoisotopic (exact) mass is 182 g/mol. The molecule has 1 rings (SSSR count). The van der Waals surface area contributed by atoms with Crippen LogP contribution in [0.25, 0.3) is 0 Å². The molecule has 0 saturated heterocycles. The summed E-state index contributed by atoms with van der Waals surface area (Å²) in [6.45, 7) is 5.72. The molecular formula is C11H22N2. The van der Waals surface area contributed by atoms with Gasteiger partial charge in [0.25, 0.3) is 0 Å². The fourth-order valence-electron chi connectivity index (χ4n) is 1.91. The minimum absolute atomic E-state index is 0.608. The zero-order valence-electron chi connectivity index (χ0n) is 9.16. The van der Waals surface area contributed by atoms with E-state index in [4.69, 9.17) is 0 Å². The highest BCUT2D eigenvalue weighted by molar-refractivity contribution is 4.94. The molecule has 0 aromatic rings. The molecule has 13 heavy (non-hydrogen) atoms. The Bertz CT molecular complexity index is 165. The second-order valence-corrected chi connectivity index (χ2v) is 3.80. The van der Waals surface area contributed by atoms with Crippen molar-refractivity contribution >= 4 is 0 Å². The summed E-state index contributed by atoms with van der Waals surface area (Å²) in [6, 6.07) is 0. The third-order valence-corrected chi connectivity index (χ3v) is 2.73. The second kappa shape index (κ2) is 5.15. The van der Waals surface area contributed by atoms with Crippen LogP contribution in [0.4, 0.5) is 0 Å². The van der Waals surface area contributed by atoms with Crippen molar-refractivity contribution in [3.63, 3.8) is 0 Å². The molecule has 0 fully saturated rings. The SMILES string of the molecule is CCCCCN1C=CN(C)C1CC. The summed E-state index contributed by atoms with van der Waals surface area (Å²) in [6.07, 6.45) is 10.2. The van der Waals surface area contributed by atoms with E-state index < -0.39 is 0 Å². The van der Waals surface area contributed by atoms with Gasteiger partial charge in [-0.3, -0.25) is 0 Å². The Kier molecular flexibility index (Phi) is 4.13. The van der Waals surface area contributed by atoms with Crippen LogP contribution >= 0.6 is 0 Å². The van der Waals surface area contributed by atoms with Gasteiger partial charge in [0.15, 0.2) is 0 Å². The molecule has 0 N–H and O–H groups in total. The van der Waals surface area contributed by atoms with Gasteiger partial charge in [-0.25, -0.2) is 0 Å². The fourth-order valence-corrected chi connectivity index (χ4v) is 1.91. The summed E-state index contributed by atoms with van der Waals surface area (Å²) >= 11 is 0. The second-order valence-electron chi connectivity index (χ2n) is 3.80. The van der Waals surface area contributed by atoms with E-state index in [0.717, 1.165) is 0 Å². The predicted octanol–water partition coefficient (Wildman–Crippen LogP) is 2.63. The van der Waals surface area contributed by atoms with Gasteiger partial charge in [0, 0.05) is 26.0 Å². The van der Waals surface area contributed by atoms with Crippen LogP contribution in [0.2, 0.25) is 0 Å².